The first-order valence-corrected chi connectivity index (χ1v) is 14.1. The zero-order valence-electron chi connectivity index (χ0n) is 22.7. The number of ether oxygens (including phenoxy) is 1. The molecule has 2 fully saturated rings. The number of carbonyl (C=O) groups excluding carboxylic acids is 3. The number of para-hydroxylation sites is 1. The Morgan fingerprint density at radius 1 is 1.15 bits per heavy atom. The fraction of sp³-hybridized carbons (Fsp3) is 0.333. The van der Waals surface area contributed by atoms with Gasteiger partial charge in [0.2, 0.25) is 11.8 Å². The van der Waals surface area contributed by atoms with E-state index in [2.05, 4.69) is 17.6 Å². The number of carbonyl (C=O) groups is 3. The van der Waals surface area contributed by atoms with Crippen molar-refractivity contribution < 1.29 is 19.1 Å². The van der Waals surface area contributed by atoms with Gasteiger partial charge < -0.3 is 26.0 Å². The fourth-order valence-electron chi connectivity index (χ4n) is 5.33. The molecule has 5 N–H and O–H groups in total. The quantitative estimate of drug-likeness (QED) is 0.231. The number of thiophene rings is 1. The first-order valence-electron chi connectivity index (χ1n) is 13.2. The molecule has 1 aliphatic carbocycles. The van der Waals surface area contributed by atoms with Crippen LogP contribution in [0.15, 0.2) is 60.0 Å². The third-order valence-electron chi connectivity index (χ3n) is 7.75. The first kappa shape index (κ1) is 27.4. The van der Waals surface area contributed by atoms with E-state index in [-0.39, 0.29) is 47.6 Å². The maximum Gasteiger partial charge on any atom is 0.251 e. The lowest BCUT2D eigenvalue weighted by Crippen LogP contribution is -2.51. The summed E-state index contributed by atoms with van der Waals surface area (Å²) in [4.78, 5) is 42.0. The second-order valence-electron chi connectivity index (χ2n) is 10.9. The Balaban J connectivity index is 1.20. The van der Waals surface area contributed by atoms with Gasteiger partial charge in [-0.2, -0.15) is 0 Å². The number of nitrogens with one attached hydrogen (secondary N) is 3. The highest BCUT2D eigenvalue weighted by Gasteiger charge is 2.64. The normalized spacial score (nSPS) is 21.7. The minimum Gasteiger partial charge on any atom is -0.457 e. The number of benzene rings is 2. The molecule has 2 aliphatic rings. The Morgan fingerprint density at radius 2 is 1.90 bits per heavy atom. The number of nitrogens with two attached hydrogens (primary N) is 1. The Kier molecular flexibility index (Phi) is 7.37. The zero-order valence-corrected chi connectivity index (χ0v) is 23.5. The molecule has 9 nitrogen and oxygen atoms in total. The second kappa shape index (κ2) is 10.8. The van der Waals surface area contributed by atoms with Gasteiger partial charge in [0.25, 0.3) is 5.91 Å². The maximum absolute atomic E-state index is 13.3. The Labute approximate surface area is 237 Å². The Bertz CT molecular complexity index is 1470. The summed E-state index contributed by atoms with van der Waals surface area (Å²) in [6, 6.07) is 15.4. The summed E-state index contributed by atoms with van der Waals surface area (Å²) in [5.74, 6) is 0.470. The van der Waals surface area contributed by atoms with Crippen molar-refractivity contribution in [2.45, 2.75) is 51.7 Å². The monoisotopic (exact) mass is 559 g/mol. The summed E-state index contributed by atoms with van der Waals surface area (Å²) < 4.78 is 5.89. The van der Waals surface area contributed by atoms with Gasteiger partial charge in [-0.15, -0.1) is 11.3 Å². The number of piperidine rings is 1. The van der Waals surface area contributed by atoms with Gasteiger partial charge in [0.1, 0.15) is 23.4 Å². The molecule has 1 aromatic heterocycles. The number of amidine groups is 1. The van der Waals surface area contributed by atoms with Crippen LogP contribution >= 0.6 is 11.3 Å². The van der Waals surface area contributed by atoms with Crippen molar-refractivity contribution in [2.75, 3.05) is 6.54 Å². The van der Waals surface area contributed by atoms with Crippen LogP contribution in [0.5, 0.6) is 11.5 Å². The van der Waals surface area contributed by atoms with Crippen LogP contribution in [-0.4, -0.2) is 47.1 Å². The van der Waals surface area contributed by atoms with Crippen LogP contribution in [0.1, 0.15) is 59.1 Å². The summed E-state index contributed by atoms with van der Waals surface area (Å²) in [5.41, 5.74) is 7.32. The molecule has 4 atom stereocenters. The van der Waals surface area contributed by atoms with E-state index >= 15 is 0 Å². The molecule has 10 heteroatoms. The van der Waals surface area contributed by atoms with Crippen LogP contribution in [0.25, 0.3) is 0 Å². The van der Waals surface area contributed by atoms with E-state index in [0.29, 0.717) is 29.0 Å². The highest BCUT2D eigenvalue weighted by atomic mass is 32.1. The number of hydrogen-bond acceptors (Lipinski definition) is 6. The smallest absolute Gasteiger partial charge is 0.251 e. The largest absolute Gasteiger partial charge is 0.457 e. The van der Waals surface area contributed by atoms with Gasteiger partial charge in [-0.05, 0) is 74.1 Å². The molecule has 5 rings (SSSR count). The molecular formula is C30H33N5O4S. The third-order valence-corrected chi connectivity index (χ3v) is 8.87. The summed E-state index contributed by atoms with van der Waals surface area (Å²) in [6.45, 7) is 5.63. The van der Waals surface area contributed by atoms with Crippen LogP contribution in [0.4, 0.5) is 0 Å². The average Bonchev–Trinajstić information content (AvgIpc) is 3.26. The molecule has 208 valence electrons. The van der Waals surface area contributed by atoms with Crippen LogP contribution in [-0.2, 0) is 9.59 Å². The zero-order chi connectivity index (χ0) is 28.6. The molecule has 40 heavy (non-hydrogen) atoms. The molecule has 2 aromatic carbocycles. The van der Waals surface area contributed by atoms with E-state index in [0.717, 1.165) is 16.9 Å². The summed E-state index contributed by atoms with van der Waals surface area (Å²) >= 11 is 1.43. The van der Waals surface area contributed by atoms with Gasteiger partial charge in [-0.25, -0.2) is 0 Å². The Morgan fingerprint density at radius 3 is 2.58 bits per heavy atom. The van der Waals surface area contributed by atoms with Crippen LogP contribution in [0, 0.1) is 17.7 Å². The van der Waals surface area contributed by atoms with E-state index in [1.54, 1.807) is 34.5 Å². The van der Waals surface area contributed by atoms with E-state index in [4.69, 9.17) is 15.9 Å². The molecule has 0 radical (unpaired) electrons. The lowest BCUT2D eigenvalue weighted by atomic mass is 10.0. The fourth-order valence-corrected chi connectivity index (χ4v) is 6.25. The van der Waals surface area contributed by atoms with Crippen LogP contribution in [0.3, 0.4) is 0 Å². The van der Waals surface area contributed by atoms with Crippen molar-refractivity contribution in [3.63, 3.8) is 0 Å². The predicted molar refractivity (Wildman–Crippen MR) is 154 cm³/mol. The molecule has 1 aliphatic heterocycles. The van der Waals surface area contributed by atoms with Gasteiger partial charge in [-0.1, -0.05) is 25.1 Å². The highest BCUT2D eigenvalue weighted by molar-refractivity contribution is 7.10. The molecule has 1 saturated heterocycles. The summed E-state index contributed by atoms with van der Waals surface area (Å²) in [6.07, 6.45) is 1.43. The third kappa shape index (κ3) is 5.58. The molecule has 0 bridgehead atoms. The van der Waals surface area contributed by atoms with E-state index < -0.39 is 6.04 Å². The van der Waals surface area contributed by atoms with Gasteiger partial charge >= 0.3 is 0 Å². The number of nitrogen functional groups attached to an aromatic ring is 1. The topological polar surface area (TPSA) is 138 Å². The number of rotatable bonds is 9. The van der Waals surface area contributed by atoms with E-state index in [1.807, 2.05) is 44.2 Å². The first-order chi connectivity index (χ1) is 19.1. The molecule has 3 amide bonds. The number of fused-ring (bicyclic) bond motifs is 1. The summed E-state index contributed by atoms with van der Waals surface area (Å²) in [5, 5.41) is 15.1. The van der Waals surface area contributed by atoms with Crippen molar-refractivity contribution in [3.05, 3.63) is 81.5 Å². The number of likely N-dealkylation sites (tertiary alicyclic amines) is 1. The highest BCUT2D eigenvalue weighted by Crippen LogP contribution is 2.59. The van der Waals surface area contributed by atoms with Gasteiger partial charge in [0, 0.05) is 27.4 Å². The molecule has 0 spiro atoms. The molecule has 1 saturated carbocycles. The minimum atomic E-state index is -0.598. The molecule has 2 heterocycles. The van der Waals surface area contributed by atoms with Crippen molar-refractivity contribution >= 4 is 34.9 Å². The van der Waals surface area contributed by atoms with Crippen LogP contribution in [0.2, 0.25) is 0 Å². The number of aryl methyl sites for hydroxylation is 1. The molecule has 0 unspecified atom stereocenters. The van der Waals surface area contributed by atoms with E-state index in [1.165, 1.54) is 11.3 Å². The SMILES string of the molecule is Cc1cc(C(=O)NCC(=O)N2[C@H]3C[C@@]3(C)C[C@H]2C(=O)N[C@H](C)c2cc(C(=N)N)cs2)ccc1Oc1ccccc1. The van der Waals surface area contributed by atoms with Crippen molar-refractivity contribution in [2.24, 2.45) is 11.1 Å². The van der Waals surface area contributed by atoms with Gasteiger partial charge in [0.05, 0.1) is 12.6 Å². The summed E-state index contributed by atoms with van der Waals surface area (Å²) in [7, 11) is 0. The van der Waals surface area contributed by atoms with Crippen molar-refractivity contribution in [3.8, 4) is 11.5 Å². The molecule has 3 aromatic rings. The van der Waals surface area contributed by atoms with Crippen molar-refractivity contribution in [1.29, 1.82) is 5.41 Å². The maximum atomic E-state index is 13.3. The minimum absolute atomic E-state index is 0.00863. The second-order valence-corrected chi connectivity index (χ2v) is 11.8. The number of hydrogen-bond donors (Lipinski definition) is 4. The van der Waals surface area contributed by atoms with E-state index in [9.17, 15) is 14.4 Å². The number of amides is 3. The van der Waals surface area contributed by atoms with Crippen LogP contribution < -0.4 is 21.1 Å². The molecular weight excluding hydrogens is 526 g/mol. The lowest BCUT2D eigenvalue weighted by Gasteiger charge is -2.28. The lowest BCUT2D eigenvalue weighted by molar-refractivity contribution is -0.139. The predicted octanol–water partition coefficient (Wildman–Crippen LogP) is 4.12. The van der Waals surface area contributed by atoms with Crippen molar-refractivity contribution in [1.82, 2.24) is 15.5 Å². The Hall–Kier alpha value is -4.18. The number of nitrogens with zero attached hydrogens (tertiary/aromatic N) is 1. The standard InChI is InChI=1S/C30H33N5O4S/c1-17-11-19(9-10-23(17)39-21-7-5-4-6-8-21)28(37)33-15-26(36)35-22(13-30(3)14-25(30)35)29(38)34-18(2)24-12-20(16-40-24)27(31)32/h4-12,16,18,22,25H,13-15H2,1-3H3,(H3,31,32)(H,33,37)(H,34,38)/t18-,22+,25+,30-/m1/s1. The average molecular weight is 560 g/mol. The van der Waals surface area contributed by atoms with Gasteiger partial charge in [-0.3, -0.25) is 19.8 Å². The van der Waals surface area contributed by atoms with Gasteiger partial charge in [0.15, 0.2) is 0 Å².